The summed E-state index contributed by atoms with van der Waals surface area (Å²) in [7, 11) is 0. The van der Waals surface area contributed by atoms with Crippen LogP contribution in [0.5, 0.6) is 0 Å². The molecule has 0 aliphatic rings. The molecular weight excluding hydrogens is 269 g/mol. The van der Waals surface area contributed by atoms with Crippen molar-refractivity contribution in [2.24, 2.45) is 0 Å². The molecule has 2 rings (SSSR count). The molecule has 6 heteroatoms. The monoisotopic (exact) mass is 274 g/mol. The predicted molar refractivity (Wildman–Crippen MR) is 63.9 cm³/mol. The lowest BCUT2D eigenvalue weighted by Crippen LogP contribution is -1.97. The van der Waals surface area contributed by atoms with Crippen molar-refractivity contribution in [3.05, 3.63) is 52.1 Å². The van der Waals surface area contributed by atoms with Crippen LogP contribution in [-0.4, -0.2) is 4.98 Å². The zero-order valence-electron chi connectivity index (χ0n) is 8.35. The van der Waals surface area contributed by atoms with E-state index < -0.39 is 11.6 Å². The molecule has 88 valence electrons. The maximum absolute atomic E-state index is 13.4. The van der Waals surface area contributed by atoms with Crippen LogP contribution in [0.1, 0.15) is 0 Å². The fraction of sp³-hybridized carbons (Fsp3) is 0. The molecule has 0 saturated carbocycles. The first-order chi connectivity index (χ1) is 8.06. The van der Waals surface area contributed by atoms with Crippen LogP contribution in [0.25, 0.3) is 0 Å². The van der Waals surface area contributed by atoms with E-state index in [4.69, 9.17) is 23.2 Å². The van der Waals surface area contributed by atoms with Gasteiger partial charge < -0.3 is 5.32 Å². The fourth-order valence-corrected chi connectivity index (χ4v) is 1.48. The van der Waals surface area contributed by atoms with E-state index >= 15 is 0 Å². The molecule has 0 unspecified atom stereocenters. The van der Waals surface area contributed by atoms with Crippen molar-refractivity contribution in [2.45, 2.75) is 0 Å². The SMILES string of the molecule is Fc1cc(Nc2ncc(Cl)cc2F)ccc1Cl. The topological polar surface area (TPSA) is 24.9 Å². The number of pyridine rings is 1. The quantitative estimate of drug-likeness (QED) is 0.878. The van der Waals surface area contributed by atoms with Gasteiger partial charge in [0.1, 0.15) is 5.82 Å². The summed E-state index contributed by atoms with van der Waals surface area (Å²) >= 11 is 11.1. The Morgan fingerprint density at radius 2 is 1.82 bits per heavy atom. The highest BCUT2D eigenvalue weighted by Gasteiger charge is 2.06. The van der Waals surface area contributed by atoms with Gasteiger partial charge in [0.15, 0.2) is 11.6 Å². The summed E-state index contributed by atoms with van der Waals surface area (Å²) in [4.78, 5) is 3.75. The second-order valence-electron chi connectivity index (χ2n) is 3.24. The molecule has 0 amide bonds. The van der Waals surface area contributed by atoms with E-state index in [1.165, 1.54) is 18.3 Å². The van der Waals surface area contributed by atoms with Crippen LogP contribution in [0.3, 0.4) is 0 Å². The maximum atomic E-state index is 13.4. The number of nitrogens with one attached hydrogen (secondary N) is 1. The lowest BCUT2D eigenvalue weighted by Gasteiger charge is -2.07. The van der Waals surface area contributed by atoms with Gasteiger partial charge in [-0.3, -0.25) is 0 Å². The zero-order chi connectivity index (χ0) is 12.4. The number of hydrogen-bond donors (Lipinski definition) is 1. The molecule has 0 bridgehead atoms. The van der Waals surface area contributed by atoms with Crippen LogP contribution >= 0.6 is 23.2 Å². The molecular formula is C11H6Cl2F2N2. The van der Waals surface area contributed by atoms with Crippen LogP contribution in [0.15, 0.2) is 30.5 Å². The number of aromatic nitrogens is 1. The van der Waals surface area contributed by atoms with Crippen molar-refractivity contribution in [3.63, 3.8) is 0 Å². The smallest absolute Gasteiger partial charge is 0.167 e. The van der Waals surface area contributed by atoms with Crippen molar-refractivity contribution < 1.29 is 8.78 Å². The Morgan fingerprint density at radius 3 is 2.47 bits per heavy atom. The molecule has 0 atom stereocenters. The highest BCUT2D eigenvalue weighted by molar-refractivity contribution is 6.31. The number of anilines is 2. The first-order valence-electron chi connectivity index (χ1n) is 4.59. The third kappa shape index (κ3) is 2.84. The summed E-state index contributed by atoms with van der Waals surface area (Å²) in [6, 6.07) is 5.15. The minimum absolute atomic E-state index is 0.0000808. The van der Waals surface area contributed by atoms with Crippen LogP contribution in [-0.2, 0) is 0 Å². The molecule has 17 heavy (non-hydrogen) atoms. The second-order valence-corrected chi connectivity index (χ2v) is 4.08. The van der Waals surface area contributed by atoms with Gasteiger partial charge in [-0.05, 0) is 24.3 Å². The van der Waals surface area contributed by atoms with Crippen molar-refractivity contribution in [3.8, 4) is 0 Å². The molecule has 0 fully saturated rings. The molecule has 1 aromatic carbocycles. The number of halogens is 4. The third-order valence-electron chi connectivity index (χ3n) is 1.99. The van der Waals surface area contributed by atoms with Crippen LogP contribution < -0.4 is 5.32 Å². The lowest BCUT2D eigenvalue weighted by molar-refractivity contribution is 0.624. The van der Waals surface area contributed by atoms with E-state index in [9.17, 15) is 8.78 Å². The third-order valence-corrected chi connectivity index (χ3v) is 2.50. The van der Waals surface area contributed by atoms with Gasteiger partial charge in [-0.15, -0.1) is 0 Å². The van der Waals surface area contributed by atoms with Gasteiger partial charge in [0.2, 0.25) is 0 Å². The Labute approximate surface area is 106 Å². The van der Waals surface area contributed by atoms with E-state index in [2.05, 4.69) is 10.3 Å². The Morgan fingerprint density at radius 1 is 1.06 bits per heavy atom. The van der Waals surface area contributed by atoms with Gasteiger partial charge in [-0.2, -0.15) is 0 Å². The Balaban J connectivity index is 2.28. The van der Waals surface area contributed by atoms with E-state index in [1.807, 2.05) is 0 Å². The molecule has 0 spiro atoms. The van der Waals surface area contributed by atoms with Crippen LogP contribution in [0.2, 0.25) is 10.0 Å². The van der Waals surface area contributed by atoms with Crippen molar-refractivity contribution in [1.82, 2.24) is 4.98 Å². The lowest BCUT2D eigenvalue weighted by atomic mass is 10.3. The second kappa shape index (κ2) is 4.85. The van der Waals surface area contributed by atoms with Crippen molar-refractivity contribution in [2.75, 3.05) is 5.32 Å². The highest BCUT2D eigenvalue weighted by Crippen LogP contribution is 2.23. The zero-order valence-corrected chi connectivity index (χ0v) is 9.86. The molecule has 0 aliphatic carbocycles. The molecule has 2 nitrogen and oxygen atoms in total. The standard InChI is InChI=1S/C11H6Cl2F2N2/c12-6-3-10(15)11(16-5-6)17-7-1-2-8(13)9(14)4-7/h1-5H,(H,16,17). The first kappa shape index (κ1) is 12.1. The molecule has 1 heterocycles. The summed E-state index contributed by atoms with van der Waals surface area (Å²) < 4.78 is 26.5. The minimum Gasteiger partial charge on any atom is -0.338 e. The van der Waals surface area contributed by atoms with Crippen molar-refractivity contribution in [1.29, 1.82) is 0 Å². The van der Waals surface area contributed by atoms with E-state index in [-0.39, 0.29) is 15.9 Å². The summed E-state index contributed by atoms with van der Waals surface area (Å²) in [5.41, 5.74) is 0.348. The average molecular weight is 275 g/mol. The fourth-order valence-electron chi connectivity index (χ4n) is 1.22. The van der Waals surface area contributed by atoms with Gasteiger partial charge in [-0.1, -0.05) is 23.2 Å². The van der Waals surface area contributed by atoms with Gasteiger partial charge >= 0.3 is 0 Å². The number of rotatable bonds is 2. The molecule has 0 saturated heterocycles. The predicted octanol–water partition coefficient (Wildman–Crippen LogP) is 4.41. The minimum atomic E-state index is -0.618. The van der Waals surface area contributed by atoms with Gasteiger partial charge in [0.05, 0.1) is 10.0 Å². The van der Waals surface area contributed by atoms with Gasteiger partial charge in [0.25, 0.3) is 0 Å². The Bertz CT molecular complexity index is 561. The number of nitrogens with zero attached hydrogens (tertiary/aromatic N) is 1. The molecule has 0 radical (unpaired) electrons. The summed E-state index contributed by atoms with van der Waals surface area (Å²) in [6.07, 6.45) is 1.29. The maximum Gasteiger partial charge on any atom is 0.167 e. The largest absolute Gasteiger partial charge is 0.338 e. The highest BCUT2D eigenvalue weighted by atomic mass is 35.5. The Kier molecular flexibility index (Phi) is 3.45. The van der Waals surface area contributed by atoms with Crippen LogP contribution in [0, 0.1) is 11.6 Å². The summed E-state index contributed by atoms with van der Waals surface area (Å²) in [5, 5.41) is 2.81. The first-order valence-corrected chi connectivity index (χ1v) is 5.35. The van der Waals surface area contributed by atoms with E-state index in [0.717, 1.165) is 12.1 Å². The normalized spacial score (nSPS) is 10.4. The van der Waals surface area contributed by atoms with Gasteiger partial charge in [0, 0.05) is 11.9 Å². The van der Waals surface area contributed by atoms with Crippen LogP contribution in [0.4, 0.5) is 20.3 Å². The molecule has 2 aromatic rings. The molecule has 1 aromatic heterocycles. The van der Waals surface area contributed by atoms with Gasteiger partial charge in [-0.25, -0.2) is 13.8 Å². The van der Waals surface area contributed by atoms with E-state index in [1.54, 1.807) is 0 Å². The number of benzene rings is 1. The number of hydrogen-bond acceptors (Lipinski definition) is 2. The summed E-state index contributed by atoms with van der Waals surface area (Å²) in [5.74, 6) is -1.24. The molecule has 0 aliphatic heterocycles. The average Bonchev–Trinajstić information content (AvgIpc) is 2.27. The van der Waals surface area contributed by atoms with E-state index in [0.29, 0.717) is 5.69 Å². The van der Waals surface area contributed by atoms with Crippen molar-refractivity contribution >= 4 is 34.7 Å². The molecule has 1 N–H and O–H groups in total. The summed E-state index contributed by atoms with van der Waals surface area (Å²) in [6.45, 7) is 0. The Hall–Kier alpha value is -1.39.